The van der Waals surface area contributed by atoms with Gasteiger partial charge in [0.25, 0.3) is 5.69 Å². The second-order valence-corrected chi connectivity index (χ2v) is 22.1. The molecule has 0 bridgehead atoms. The number of aliphatic hydroxyl groups is 6. The molecule has 1 fully saturated rings. The fraction of sp³-hybridized carbons (Fsp3) is 0.847. The number of carbonyl (C=O) groups is 1. The van der Waals surface area contributed by atoms with Crippen molar-refractivity contribution in [2.75, 3.05) is 75.3 Å². The van der Waals surface area contributed by atoms with Gasteiger partial charge in [-0.15, -0.1) is 12.3 Å². The number of terminal acetylenes is 1. The molecule has 1 aliphatic heterocycles. The monoisotopic (exact) mass is 1140 g/mol. The lowest BCUT2D eigenvalue weighted by atomic mass is 9.85. The van der Waals surface area contributed by atoms with Crippen LogP contribution < -0.4 is 0 Å². The number of aldehydes is 1. The van der Waals surface area contributed by atoms with Crippen LogP contribution in [0.15, 0.2) is 34.6 Å². The lowest BCUT2D eigenvalue weighted by Crippen LogP contribution is -2.58. The largest absolute Gasteiger partial charge is 0.394 e. The minimum Gasteiger partial charge on any atom is -0.394 e. The first kappa shape index (κ1) is 78.8. The zero-order valence-electron chi connectivity index (χ0n) is 52.8. The third kappa shape index (κ3) is 27.4. The maximum Gasteiger partial charge on any atom is 0.269 e. The van der Waals surface area contributed by atoms with Crippen molar-refractivity contribution in [3.63, 3.8) is 0 Å². The molecule has 1 heterocycles. The number of ether oxygens (including phenoxy) is 6. The highest BCUT2D eigenvalue weighted by Gasteiger charge is 2.44. The molecule has 1 aromatic carbocycles. The summed E-state index contributed by atoms with van der Waals surface area (Å²) in [6.45, 7) is 27.9. The van der Waals surface area contributed by atoms with Crippen molar-refractivity contribution in [1.82, 2.24) is 14.8 Å². The van der Waals surface area contributed by atoms with E-state index in [1.54, 1.807) is 73.0 Å². The van der Waals surface area contributed by atoms with E-state index in [4.69, 9.17) is 28.4 Å². The Kier molecular flexibility index (Phi) is 40.2. The van der Waals surface area contributed by atoms with Crippen LogP contribution in [0.2, 0.25) is 0 Å². The van der Waals surface area contributed by atoms with E-state index in [1.165, 1.54) is 19.2 Å². The van der Waals surface area contributed by atoms with Crippen LogP contribution in [0.1, 0.15) is 147 Å². The highest BCUT2D eigenvalue weighted by atomic mass is 16.7. The number of nitro groups is 1. The first-order valence-electron chi connectivity index (χ1n) is 28.6. The highest BCUT2D eigenvalue weighted by Crippen LogP contribution is 2.31. The Balaban J connectivity index is 0. The molecule has 1 saturated heterocycles. The maximum absolute atomic E-state index is 11.6. The molecule has 21 heteroatoms. The fourth-order valence-electron chi connectivity index (χ4n) is 9.41. The van der Waals surface area contributed by atoms with Gasteiger partial charge in [-0.25, -0.2) is 0 Å². The summed E-state index contributed by atoms with van der Waals surface area (Å²) in [6, 6.07) is 5.39. The van der Waals surface area contributed by atoms with Gasteiger partial charge in [0.15, 0.2) is 6.29 Å². The van der Waals surface area contributed by atoms with Gasteiger partial charge >= 0.3 is 0 Å². The maximum atomic E-state index is 11.6. The molecule has 2 rings (SSSR count). The predicted molar refractivity (Wildman–Crippen MR) is 314 cm³/mol. The number of non-ortho nitro benzene ring substituents is 1. The molecular weight excluding hydrogens is 1030 g/mol. The fourth-order valence-corrected chi connectivity index (χ4v) is 9.41. The lowest BCUT2D eigenvalue weighted by molar-refractivity contribution is -0.384. The van der Waals surface area contributed by atoms with E-state index in [1.807, 2.05) is 81.3 Å². The lowest BCUT2D eigenvalue weighted by Gasteiger charge is -2.44. The molecule has 0 saturated carbocycles. The molecule has 0 aliphatic carbocycles. The van der Waals surface area contributed by atoms with E-state index < -0.39 is 58.5 Å². The number of nitrogens with zero attached hydrogens (tertiary/aromatic N) is 6. The quantitative estimate of drug-likeness (QED) is 0.00997. The van der Waals surface area contributed by atoms with Crippen LogP contribution in [-0.4, -0.2) is 222 Å². The zero-order chi connectivity index (χ0) is 62.1. The average Bonchev–Trinajstić information content (AvgIpc) is 3.42. The molecule has 0 aromatic heterocycles. The van der Waals surface area contributed by atoms with Gasteiger partial charge in [0.1, 0.15) is 30.2 Å². The number of aliphatic hydroxyl groups excluding tert-OH is 4. The van der Waals surface area contributed by atoms with E-state index in [-0.39, 0.29) is 60.6 Å². The van der Waals surface area contributed by atoms with Crippen molar-refractivity contribution in [1.29, 1.82) is 0 Å². The number of carbonyl (C=O) groups excluding carboxylic acids is 1. The Morgan fingerprint density at radius 1 is 0.963 bits per heavy atom. The Morgan fingerprint density at radius 3 is 2.05 bits per heavy atom. The molecule has 0 amide bonds. The van der Waals surface area contributed by atoms with Gasteiger partial charge in [0.2, 0.25) is 0 Å². The van der Waals surface area contributed by atoms with Crippen molar-refractivity contribution in [3.8, 4) is 12.3 Å². The summed E-state index contributed by atoms with van der Waals surface area (Å²) in [5.74, 6) is 2.12. The molecule has 1 aromatic rings. The van der Waals surface area contributed by atoms with Gasteiger partial charge in [-0.3, -0.25) is 15.1 Å². The number of benzene rings is 1. The molecule has 21 nitrogen and oxygen atoms in total. The molecule has 468 valence electrons. The van der Waals surface area contributed by atoms with Crippen LogP contribution in [0.4, 0.5) is 5.69 Å². The number of hydrogen-bond acceptors (Lipinski definition) is 19. The van der Waals surface area contributed by atoms with Crippen LogP contribution >= 0.6 is 0 Å². The first-order valence-corrected chi connectivity index (χ1v) is 28.6. The molecule has 5 unspecified atom stereocenters. The molecule has 0 spiro atoms. The summed E-state index contributed by atoms with van der Waals surface area (Å²) in [6.07, 6.45) is 5.29. The highest BCUT2D eigenvalue weighted by molar-refractivity contribution is 5.53. The minimum atomic E-state index is -1.43. The molecule has 80 heavy (non-hydrogen) atoms. The number of likely N-dealkylation sites (N-methyl/N-ethyl adjacent to an activating group) is 3. The predicted octanol–water partition coefficient (Wildman–Crippen LogP) is 6.89. The number of methoxy groups -OCH3 is 3. The Labute approximate surface area is 482 Å². The van der Waals surface area contributed by atoms with Gasteiger partial charge in [0, 0.05) is 78.1 Å². The third-order valence-corrected chi connectivity index (χ3v) is 15.5. The average molecular weight is 1150 g/mol. The summed E-state index contributed by atoms with van der Waals surface area (Å²) < 4.78 is 33.9. The second-order valence-electron chi connectivity index (χ2n) is 22.1. The summed E-state index contributed by atoms with van der Waals surface area (Å²) in [7, 11) is 10.3. The zero-order valence-corrected chi connectivity index (χ0v) is 52.8. The second kappa shape index (κ2) is 40.8. The topological polar surface area (TPSA) is 271 Å². The van der Waals surface area contributed by atoms with Crippen molar-refractivity contribution in [2.24, 2.45) is 22.2 Å². The Hall–Kier alpha value is -3.31. The number of nitro benzene ring substituents is 1. The third-order valence-electron chi connectivity index (χ3n) is 15.5. The summed E-state index contributed by atoms with van der Waals surface area (Å²) in [4.78, 5) is 25.2. The van der Waals surface area contributed by atoms with Gasteiger partial charge in [-0.2, -0.15) is 5.11 Å². The number of rotatable bonds is 36. The van der Waals surface area contributed by atoms with Crippen LogP contribution in [0, 0.1) is 34.3 Å². The summed E-state index contributed by atoms with van der Waals surface area (Å²) in [5.41, 5.74) is -2.52. The summed E-state index contributed by atoms with van der Waals surface area (Å²) in [5, 5.41) is 86.2. The van der Waals surface area contributed by atoms with E-state index in [9.17, 15) is 45.5 Å². The van der Waals surface area contributed by atoms with Crippen molar-refractivity contribution in [3.05, 3.63) is 39.9 Å². The van der Waals surface area contributed by atoms with Crippen LogP contribution in [0.5, 0.6) is 0 Å². The van der Waals surface area contributed by atoms with Gasteiger partial charge in [-0.1, -0.05) is 58.4 Å². The Bertz CT molecular complexity index is 1840. The van der Waals surface area contributed by atoms with E-state index in [0.29, 0.717) is 51.8 Å². The van der Waals surface area contributed by atoms with E-state index in [0.717, 1.165) is 37.7 Å². The van der Waals surface area contributed by atoms with Crippen molar-refractivity contribution < 1.29 is 68.8 Å². The molecule has 17 atom stereocenters. The standard InChI is InChI=1S/C40H74N6O10.C14H28O5.C3H4.C2H6/c1-12-35(54-11)40(7,51)37(49)29(4)44(9)25-27(2)24-39(6,50)30(5)56-38-36(48)34(22-28(3)55-38)43(8)21-15-13-14-20-41-42-45(10)33(26-47)23-31-16-18-32(19-17-31)46(52)53;1-10(9-15)11(2)19-8-7-14(4,18-6)13(16)12(3)17-5;1-3-2;1-2/h16-19,27-30,33-38,47-51H,12-15,20-26H2,1-11H3;9-13,16H,7-8H2,1-6H3;1H,2H3;1-2H3/t27-,28-,29-,30-,33?,34?,35-,36-,37-,38?,39-,40-;10?,11-,12?,13-,14+;;/m10../s1. The molecule has 1 aliphatic rings. The molecule has 6 N–H and O–H groups in total. The number of unbranched alkanes of at least 4 members (excludes halogenated alkanes) is 2. The summed E-state index contributed by atoms with van der Waals surface area (Å²) >= 11 is 0. The van der Waals surface area contributed by atoms with Crippen molar-refractivity contribution in [2.45, 2.75) is 238 Å². The van der Waals surface area contributed by atoms with Crippen LogP contribution in [0.25, 0.3) is 0 Å². The van der Waals surface area contributed by atoms with Gasteiger partial charge in [-0.05, 0) is 133 Å². The Morgan fingerprint density at radius 2 is 1.55 bits per heavy atom. The normalized spacial score (nSPS) is 22.5. The minimum absolute atomic E-state index is 0.00868. The van der Waals surface area contributed by atoms with Gasteiger partial charge < -0.3 is 73.7 Å². The van der Waals surface area contributed by atoms with Crippen molar-refractivity contribution >= 4 is 12.0 Å². The number of hydrogen-bond donors (Lipinski definition) is 6. The molecule has 0 radical (unpaired) electrons. The molecular formula is C59H112N6O15. The first-order chi connectivity index (χ1) is 37.4. The van der Waals surface area contributed by atoms with E-state index in [2.05, 4.69) is 27.6 Å². The smallest absolute Gasteiger partial charge is 0.269 e. The van der Waals surface area contributed by atoms with Crippen LogP contribution in [-0.2, 0) is 39.6 Å². The van der Waals surface area contributed by atoms with Crippen LogP contribution in [0.3, 0.4) is 0 Å². The van der Waals surface area contributed by atoms with Gasteiger partial charge in [0.05, 0.1) is 65.8 Å². The van der Waals surface area contributed by atoms with E-state index >= 15 is 0 Å². The SMILES string of the molecule is C#CC.CC.CC[C@@H](OC)[C@@](C)(O)[C@H](O)[C@@H](C)N(C)C[C@H](C)C[C@@](C)(O)[C@@H](C)OC1O[C@H](C)CC(N(C)CCCCCN=NN(C)C(CO)Cc2ccc([N+](=O)[O-])cc2)[C@H]1O.COC(C)[C@H](O)[C@@](C)(CCO[C@@H](C)C(C)C=O)OC.